The molecule has 0 saturated carbocycles. The molecule has 2 amide bonds. The fraction of sp³-hybridized carbons (Fsp3) is 0.536. The van der Waals surface area contributed by atoms with Crippen molar-refractivity contribution in [2.24, 2.45) is 11.8 Å². The number of hydrogen-bond acceptors (Lipinski definition) is 6. The lowest BCUT2D eigenvalue weighted by molar-refractivity contribution is -0.136. The van der Waals surface area contributed by atoms with Crippen LogP contribution in [0.5, 0.6) is 0 Å². The van der Waals surface area contributed by atoms with E-state index >= 15 is 0 Å². The Bertz CT molecular complexity index is 1150. The molecular formula is C28H39N5O3. The quantitative estimate of drug-likeness (QED) is 0.552. The van der Waals surface area contributed by atoms with E-state index in [2.05, 4.69) is 47.2 Å². The van der Waals surface area contributed by atoms with Crippen LogP contribution in [0.1, 0.15) is 48.0 Å². The fourth-order valence-electron chi connectivity index (χ4n) is 4.85. The maximum atomic E-state index is 13.2. The van der Waals surface area contributed by atoms with Gasteiger partial charge in [0.05, 0.1) is 30.0 Å². The van der Waals surface area contributed by atoms with E-state index in [1.165, 1.54) is 18.5 Å². The molecule has 36 heavy (non-hydrogen) atoms. The first-order valence-electron chi connectivity index (χ1n) is 14.3. The Morgan fingerprint density at radius 2 is 2.08 bits per heavy atom. The number of benzene rings is 1. The van der Waals surface area contributed by atoms with E-state index in [0.717, 1.165) is 40.8 Å². The number of rotatable bonds is 9. The zero-order chi connectivity index (χ0) is 28.2. The van der Waals surface area contributed by atoms with Gasteiger partial charge in [0.25, 0.3) is 0 Å². The second-order valence-corrected chi connectivity index (χ2v) is 10.1. The highest BCUT2D eigenvalue weighted by atomic mass is 16.3. The highest BCUT2D eigenvalue weighted by Gasteiger charge is 2.34. The van der Waals surface area contributed by atoms with Crippen LogP contribution in [0.3, 0.4) is 0 Å². The Morgan fingerprint density at radius 1 is 1.28 bits per heavy atom. The zero-order valence-electron chi connectivity index (χ0n) is 24.2. The van der Waals surface area contributed by atoms with Crippen LogP contribution in [0, 0.1) is 18.8 Å². The SMILES string of the molecule is [2H]C([2H])([2H])N1CC(C(=O)N(CCCO)Cc2ccc(Nc3ccc(N4CCC(C)CC4)cc3C)cn2)CC1=O. The number of hydrogen-bond donors (Lipinski definition) is 2. The minimum atomic E-state index is -2.56. The van der Waals surface area contributed by atoms with Gasteiger partial charge in [0.15, 0.2) is 0 Å². The summed E-state index contributed by atoms with van der Waals surface area (Å²) >= 11 is 0. The van der Waals surface area contributed by atoms with Gasteiger partial charge in [0, 0.05) is 61.7 Å². The number of carbonyl (C=O) groups is 2. The van der Waals surface area contributed by atoms with Crippen molar-refractivity contribution < 1.29 is 18.8 Å². The summed E-state index contributed by atoms with van der Waals surface area (Å²) in [7, 11) is 0. The van der Waals surface area contributed by atoms with Gasteiger partial charge < -0.3 is 25.1 Å². The third kappa shape index (κ3) is 6.35. The molecule has 0 bridgehead atoms. The van der Waals surface area contributed by atoms with Crippen LogP contribution < -0.4 is 10.2 Å². The summed E-state index contributed by atoms with van der Waals surface area (Å²) in [6, 6.07) is 10.2. The number of nitrogens with one attached hydrogen (secondary N) is 1. The molecule has 8 nitrogen and oxygen atoms in total. The Morgan fingerprint density at radius 3 is 2.72 bits per heavy atom. The standard InChI is InChI=1S/C28H39N5O3/c1-20-9-12-32(13-10-20)25-7-8-26(21(2)15-25)30-23-5-6-24(29-17-23)19-33(11-4-14-34)28(36)22-16-27(35)31(3)18-22/h5-8,15,17,20,22,30,34H,4,9-14,16,18-19H2,1-3H3/i3D3. The van der Waals surface area contributed by atoms with Gasteiger partial charge in [-0.1, -0.05) is 6.92 Å². The molecule has 2 aromatic rings. The second kappa shape index (κ2) is 11.7. The summed E-state index contributed by atoms with van der Waals surface area (Å²) < 4.78 is 22.6. The minimum absolute atomic E-state index is 0.0833. The summed E-state index contributed by atoms with van der Waals surface area (Å²) in [5, 5.41) is 12.7. The first-order valence-corrected chi connectivity index (χ1v) is 12.8. The molecule has 2 aliphatic heterocycles. The molecule has 2 fully saturated rings. The van der Waals surface area contributed by atoms with Gasteiger partial charge in [-0.15, -0.1) is 0 Å². The molecule has 2 aliphatic rings. The van der Waals surface area contributed by atoms with Gasteiger partial charge in [-0.2, -0.15) is 0 Å². The van der Waals surface area contributed by atoms with E-state index in [1.807, 2.05) is 12.1 Å². The van der Waals surface area contributed by atoms with E-state index in [0.29, 0.717) is 12.1 Å². The predicted molar refractivity (Wildman–Crippen MR) is 142 cm³/mol. The van der Waals surface area contributed by atoms with Crippen molar-refractivity contribution in [1.82, 2.24) is 14.8 Å². The van der Waals surface area contributed by atoms with Crippen molar-refractivity contribution >= 4 is 28.9 Å². The van der Waals surface area contributed by atoms with Crippen LogP contribution in [-0.2, 0) is 16.1 Å². The van der Waals surface area contributed by atoms with Crippen LogP contribution >= 0.6 is 0 Å². The molecule has 1 aromatic heterocycles. The Labute approximate surface area is 218 Å². The lowest BCUT2D eigenvalue weighted by Gasteiger charge is -2.32. The Hall–Kier alpha value is -3.13. The minimum Gasteiger partial charge on any atom is -0.396 e. The molecule has 0 aliphatic carbocycles. The number of aromatic nitrogens is 1. The number of amides is 2. The van der Waals surface area contributed by atoms with Gasteiger partial charge in [0.2, 0.25) is 11.8 Å². The predicted octanol–water partition coefficient (Wildman–Crippen LogP) is 3.56. The number of likely N-dealkylation sites (tertiary alicyclic amines) is 1. The third-order valence-corrected chi connectivity index (χ3v) is 7.19. The van der Waals surface area contributed by atoms with E-state index in [4.69, 9.17) is 4.11 Å². The molecule has 1 atom stereocenters. The summed E-state index contributed by atoms with van der Waals surface area (Å²) in [6.45, 7) is 4.30. The maximum Gasteiger partial charge on any atom is 0.228 e. The monoisotopic (exact) mass is 496 g/mol. The fourth-order valence-corrected chi connectivity index (χ4v) is 4.85. The molecule has 8 heteroatoms. The number of carbonyl (C=O) groups excluding carboxylic acids is 2. The highest BCUT2D eigenvalue weighted by molar-refractivity contribution is 5.89. The van der Waals surface area contributed by atoms with Crippen molar-refractivity contribution in [3.05, 3.63) is 47.8 Å². The van der Waals surface area contributed by atoms with Crippen LogP contribution in [0.2, 0.25) is 0 Å². The normalized spacial score (nSPS) is 20.1. The zero-order valence-corrected chi connectivity index (χ0v) is 21.2. The summed E-state index contributed by atoms with van der Waals surface area (Å²) in [4.78, 5) is 34.7. The van der Waals surface area contributed by atoms with E-state index < -0.39 is 18.8 Å². The van der Waals surface area contributed by atoms with Crippen LogP contribution in [0.4, 0.5) is 17.1 Å². The summed E-state index contributed by atoms with van der Waals surface area (Å²) in [6.07, 6.45) is 4.41. The number of aliphatic hydroxyl groups is 1. The molecule has 4 rings (SSSR count). The molecule has 2 saturated heterocycles. The lowest BCUT2D eigenvalue weighted by atomic mass is 9.98. The van der Waals surface area contributed by atoms with E-state index in [-0.39, 0.29) is 38.6 Å². The van der Waals surface area contributed by atoms with Crippen LogP contribution in [0.25, 0.3) is 0 Å². The molecule has 0 radical (unpaired) electrons. The first kappa shape index (κ1) is 22.1. The number of piperidine rings is 1. The van der Waals surface area contributed by atoms with Crippen molar-refractivity contribution in [2.75, 3.05) is 50.0 Å². The molecule has 0 spiro atoms. The van der Waals surface area contributed by atoms with Gasteiger partial charge in [0.1, 0.15) is 0 Å². The van der Waals surface area contributed by atoms with Gasteiger partial charge in [-0.3, -0.25) is 14.6 Å². The average molecular weight is 497 g/mol. The largest absolute Gasteiger partial charge is 0.396 e. The number of nitrogens with zero attached hydrogens (tertiary/aromatic N) is 4. The molecule has 1 aromatic carbocycles. The van der Waals surface area contributed by atoms with Gasteiger partial charge in [-0.25, -0.2) is 0 Å². The maximum absolute atomic E-state index is 13.2. The molecule has 194 valence electrons. The summed E-state index contributed by atoms with van der Waals surface area (Å²) in [5.74, 6) is -0.779. The summed E-state index contributed by atoms with van der Waals surface area (Å²) in [5.41, 5.74) is 4.88. The van der Waals surface area contributed by atoms with Crippen molar-refractivity contribution in [3.8, 4) is 0 Å². The smallest absolute Gasteiger partial charge is 0.228 e. The van der Waals surface area contributed by atoms with Crippen LogP contribution in [-0.4, -0.2) is 71.5 Å². The number of anilines is 3. The van der Waals surface area contributed by atoms with Gasteiger partial charge >= 0.3 is 0 Å². The number of aryl methyl sites for hydroxylation is 1. The van der Waals surface area contributed by atoms with E-state index in [1.54, 1.807) is 11.1 Å². The van der Waals surface area contributed by atoms with E-state index in [9.17, 15) is 14.7 Å². The Kier molecular flexibility index (Phi) is 7.20. The number of aliphatic hydroxyl groups excluding tert-OH is 1. The lowest BCUT2D eigenvalue weighted by Crippen LogP contribution is -2.38. The molecule has 3 heterocycles. The van der Waals surface area contributed by atoms with Gasteiger partial charge in [-0.05, 0) is 68.0 Å². The number of pyridine rings is 1. The second-order valence-electron chi connectivity index (χ2n) is 10.1. The van der Waals surface area contributed by atoms with Crippen LogP contribution in [0.15, 0.2) is 36.5 Å². The molecular weight excluding hydrogens is 454 g/mol. The Balaban J connectivity index is 1.39. The molecule has 2 N–H and O–H groups in total. The highest BCUT2D eigenvalue weighted by Crippen LogP contribution is 2.28. The molecule has 1 unspecified atom stereocenters. The van der Waals surface area contributed by atoms with Crippen molar-refractivity contribution in [1.29, 1.82) is 0 Å². The van der Waals surface area contributed by atoms with Crippen molar-refractivity contribution in [3.63, 3.8) is 0 Å². The first-order chi connectivity index (χ1) is 18.5. The third-order valence-electron chi connectivity index (χ3n) is 7.19. The average Bonchev–Trinajstić information content (AvgIpc) is 3.31. The van der Waals surface area contributed by atoms with Crippen molar-refractivity contribution in [2.45, 2.75) is 46.1 Å². The topological polar surface area (TPSA) is 89.0 Å².